The number of nitrogens with zero attached hydrogens (tertiary/aromatic N) is 1. The molecule has 0 radical (unpaired) electrons. The fraction of sp³-hybridized carbons (Fsp3) is 0.692. The largest absolute Gasteiger partial charge is 0.465 e. The molecule has 1 fully saturated rings. The lowest BCUT2D eigenvalue weighted by atomic mass is 10.1. The van der Waals surface area contributed by atoms with Crippen LogP contribution in [-0.2, 0) is 13.0 Å². The van der Waals surface area contributed by atoms with Gasteiger partial charge in [-0.15, -0.1) is 0 Å². The van der Waals surface area contributed by atoms with E-state index in [0.717, 1.165) is 31.0 Å². The second-order valence-electron chi connectivity index (χ2n) is 4.64. The van der Waals surface area contributed by atoms with Gasteiger partial charge in [-0.3, -0.25) is 4.90 Å². The Bertz CT molecular complexity index is 315. The van der Waals surface area contributed by atoms with Crippen LogP contribution in [0.2, 0.25) is 0 Å². The second kappa shape index (κ2) is 5.51. The molecular weight excluding hydrogens is 200 g/mol. The number of piperidine rings is 1. The maximum absolute atomic E-state index is 5.73. The van der Waals surface area contributed by atoms with E-state index in [1.165, 1.54) is 19.4 Å². The minimum absolute atomic E-state index is 0.656. The van der Waals surface area contributed by atoms with Gasteiger partial charge in [0.05, 0.1) is 6.54 Å². The third-order valence-corrected chi connectivity index (χ3v) is 3.37. The van der Waals surface area contributed by atoms with Gasteiger partial charge in [-0.1, -0.05) is 6.92 Å². The number of rotatable bonds is 4. The van der Waals surface area contributed by atoms with Crippen LogP contribution in [0.25, 0.3) is 0 Å². The number of furan rings is 1. The molecule has 0 aliphatic carbocycles. The monoisotopic (exact) mass is 222 g/mol. The predicted octanol–water partition coefficient (Wildman–Crippen LogP) is 2.03. The van der Waals surface area contributed by atoms with E-state index in [4.69, 9.17) is 4.42 Å². The van der Waals surface area contributed by atoms with Gasteiger partial charge in [-0.2, -0.15) is 0 Å². The van der Waals surface area contributed by atoms with Crippen molar-refractivity contribution < 1.29 is 4.42 Å². The molecule has 0 aromatic carbocycles. The van der Waals surface area contributed by atoms with E-state index >= 15 is 0 Å². The van der Waals surface area contributed by atoms with Crippen molar-refractivity contribution in [1.82, 2.24) is 10.2 Å². The van der Waals surface area contributed by atoms with Crippen molar-refractivity contribution in [3.63, 3.8) is 0 Å². The summed E-state index contributed by atoms with van der Waals surface area (Å²) in [5, 5.41) is 3.45. The van der Waals surface area contributed by atoms with Gasteiger partial charge in [0.15, 0.2) is 0 Å². The zero-order valence-corrected chi connectivity index (χ0v) is 10.3. The summed E-state index contributed by atoms with van der Waals surface area (Å²) < 4.78 is 5.73. The molecule has 1 unspecified atom stereocenters. The molecule has 2 rings (SSSR count). The third kappa shape index (κ3) is 2.86. The predicted molar refractivity (Wildman–Crippen MR) is 65.4 cm³/mol. The highest BCUT2D eigenvalue weighted by Crippen LogP contribution is 2.14. The summed E-state index contributed by atoms with van der Waals surface area (Å²) in [4.78, 5) is 2.39. The number of likely N-dealkylation sites (N-methyl/N-ethyl adjacent to an activating group) is 1. The van der Waals surface area contributed by atoms with E-state index in [1.54, 1.807) is 0 Å². The molecule has 0 saturated carbocycles. The van der Waals surface area contributed by atoms with E-state index in [2.05, 4.69) is 36.3 Å². The summed E-state index contributed by atoms with van der Waals surface area (Å²) in [6.07, 6.45) is 3.56. The molecule has 1 aromatic rings. The maximum atomic E-state index is 5.73. The standard InChI is InChI=1S/C13H22N2O/c1-3-12-6-7-13(16-12)10-15(2)11-5-4-8-14-9-11/h6-7,11,14H,3-5,8-10H2,1-2H3. The molecule has 1 aliphatic rings. The average Bonchev–Trinajstić information content (AvgIpc) is 2.78. The quantitative estimate of drug-likeness (QED) is 0.845. The topological polar surface area (TPSA) is 28.4 Å². The van der Waals surface area contributed by atoms with Gasteiger partial charge in [0.1, 0.15) is 11.5 Å². The van der Waals surface area contributed by atoms with Gasteiger partial charge in [-0.25, -0.2) is 0 Å². The lowest BCUT2D eigenvalue weighted by Gasteiger charge is -2.31. The van der Waals surface area contributed by atoms with Crippen LogP contribution < -0.4 is 5.32 Å². The van der Waals surface area contributed by atoms with Crippen molar-refractivity contribution in [1.29, 1.82) is 0 Å². The Morgan fingerprint density at radius 2 is 2.25 bits per heavy atom. The van der Waals surface area contributed by atoms with E-state index in [9.17, 15) is 0 Å². The Morgan fingerprint density at radius 3 is 2.88 bits per heavy atom. The average molecular weight is 222 g/mol. The highest BCUT2D eigenvalue weighted by atomic mass is 16.3. The Morgan fingerprint density at radius 1 is 1.44 bits per heavy atom. The van der Waals surface area contributed by atoms with Crippen molar-refractivity contribution in [3.8, 4) is 0 Å². The Labute approximate surface area is 97.8 Å². The van der Waals surface area contributed by atoms with Crippen molar-refractivity contribution >= 4 is 0 Å². The number of hydrogen-bond acceptors (Lipinski definition) is 3. The molecule has 3 nitrogen and oxygen atoms in total. The second-order valence-corrected chi connectivity index (χ2v) is 4.64. The number of hydrogen-bond donors (Lipinski definition) is 1. The molecule has 1 saturated heterocycles. The van der Waals surface area contributed by atoms with Crippen LogP contribution in [0.15, 0.2) is 16.5 Å². The molecule has 1 aliphatic heterocycles. The number of nitrogens with one attached hydrogen (secondary N) is 1. The van der Waals surface area contributed by atoms with Crippen LogP contribution in [0, 0.1) is 0 Å². The molecule has 16 heavy (non-hydrogen) atoms. The Balaban J connectivity index is 1.87. The molecule has 1 N–H and O–H groups in total. The summed E-state index contributed by atoms with van der Waals surface area (Å²) in [7, 11) is 2.19. The summed E-state index contributed by atoms with van der Waals surface area (Å²) in [6.45, 7) is 5.33. The highest BCUT2D eigenvalue weighted by Gasteiger charge is 2.18. The first-order valence-corrected chi connectivity index (χ1v) is 6.28. The SMILES string of the molecule is CCc1ccc(CN(C)C2CCCNC2)o1. The molecule has 90 valence electrons. The van der Waals surface area contributed by atoms with E-state index < -0.39 is 0 Å². The van der Waals surface area contributed by atoms with Crippen LogP contribution in [0.5, 0.6) is 0 Å². The van der Waals surface area contributed by atoms with Crippen molar-refractivity contribution in [2.45, 2.75) is 38.8 Å². The van der Waals surface area contributed by atoms with Gasteiger partial charge in [0, 0.05) is 19.0 Å². The lowest BCUT2D eigenvalue weighted by molar-refractivity contribution is 0.182. The fourth-order valence-electron chi connectivity index (χ4n) is 2.28. The first kappa shape index (κ1) is 11.7. The third-order valence-electron chi connectivity index (χ3n) is 3.37. The van der Waals surface area contributed by atoms with Crippen LogP contribution >= 0.6 is 0 Å². The zero-order chi connectivity index (χ0) is 11.4. The Kier molecular flexibility index (Phi) is 4.02. The van der Waals surface area contributed by atoms with E-state index in [0.29, 0.717) is 6.04 Å². The first-order valence-electron chi connectivity index (χ1n) is 6.28. The molecule has 0 spiro atoms. The van der Waals surface area contributed by atoms with E-state index in [-0.39, 0.29) is 0 Å². The summed E-state index contributed by atoms with van der Waals surface area (Å²) in [5.74, 6) is 2.18. The fourth-order valence-corrected chi connectivity index (χ4v) is 2.28. The van der Waals surface area contributed by atoms with Crippen LogP contribution in [-0.4, -0.2) is 31.1 Å². The van der Waals surface area contributed by atoms with Crippen molar-refractivity contribution in [2.24, 2.45) is 0 Å². The summed E-state index contributed by atoms with van der Waals surface area (Å²) in [5.41, 5.74) is 0. The minimum atomic E-state index is 0.656. The minimum Gasteiger partial charge on any atom is -0.465 e. The van der Waals surface area contributed by atoms with Gasteiger partial charge < -0.3 is 9.73 Å². The van der Waals surface area contributed by atoms with Crippen LogP contribution in [0.1, 0.15) is 31.3 Å². The van der Waals surface area contributed by atoms with Crippen molar-refractivity contribution in [3.05, 3.63) is 23.7 Å². The van der Waals surface area contributed by atoms with Gasteiger partial charge in [0.2, 0.25) is 0 Å². The molecule has 0 amide bonds. The first-order chi connectivity index (χ1) is 7.79. The molecule has 1 atom stereocenters. The normalized spacial score (nSPS) is 21.6. The molecule has 1 aromatic heterocycles. The van der Waals surface area contributed by atoms with Gasteiger partial charge >= 0.3 is 0 Å². The van der Waals surface area contributed by atoms with Crippen molar-refractivity contribution in [2.75, 3.05) is 20.1 Å². The van der Waals surface area contributed by atoms with Gasteiger partial charge in [0.25, 0.3) is 0 Å². The molecular formula is C13H22N2O. The van der Waals surface area contributed by atoms with Crippen LogP contribution in [0.3, 0.4) is 0 Å². The summed E-state index contributed by atoms with van der Waals surface area (Å²) >= 11 is 0. The smallest absolute Gasteiger partial charge is 0.118 e. The van der Waals surface area contributed by atoms with E-state index in [1.807, 2.05) is 0 Å². The molecule has 3 heteroatoms. The summed E-state index contributed by atoms with van der Waals surface area (Å²) in [6, 6.07) is 4.84. The molecule has 2 heterocycles. The maximum Gasteiger partial charge on any atom is 0.118 e. The number of aryl methyl sites for hydroxylation is 1. The molecule has 0 bridgehead atoms. The zero-order valence-electron chi connectivity index (χ0n) is 10.3. The lowest BCUT2D eigenvalue weighted by Crippen LogP contribution is -2.43. The van der Waals surface area contributed by atoms with Gasteiger partial charge in [-0.05, 0) is 38.6 Å². The highest BCUT2D eigenvalue weighted by molar-refractivity contribution is 5.07. The Hall–Kier alpha value is -0.800. The van der Waals surface area contributed by atoms with Crippen LogP contribution in [0.4, 0.5) is 0 Å².